The van der Waals surface area contributed by atoms with Crippen LogP contribution in [0.3, 0.4) is 0 Å². The van der Waals surface area contributed by atoms with E-state index >= 15 is 0 Å². The largest absolute Gasteiger partial charge is 0.460 e. The van der Waals surface area contributed by atoms with Crippen molar-refractivity contribution in [3.63, 3.8) is 0 Å². The van der Waals surface area contributed by atoms with Crippen molar-refractivity contribution < 1.29 is 9.53 Å². The number of nitrogen functional groups attached to an aromatic ring is 2. The van der Waals surface area contributed by atoms with E-state index in [1.54, 1.807) is 0 Å². The number of nitrogens with one attached hydrogen (secondary N) is 1. The number of nitrogens with zero attached hydrogens (tertiary/aromatic N) is 3. The average molecular weight is 294 g/mol. The molecule has 0 amide bonds. The quantitative estimate of drug-likeness (QED) is 0.297. The van der Waals surface area contributed by atoms with Gasteiger partial charge in [0.25, 0.3) is 5.95 Å². The molecule has 1 aromatic carbocycles. The predicted octanol–water partition coefficient (Wildman–Crippen LogP) is 0.113. The monoisotopic (exact) mass is 294 g/mol. The first kappa shape index (κ1) is 14.2. The van der Waals surface area contributed by atoms with E-state index in [-0.39, 0.29) is 24.3 Å². The molecule has 8 nitrogen and oxygen atoms in total. The molecule has 0 aliphatic rings. The maximum absolute atomic E-state index is 11.6. The van der Waals surface area contributed by atoms with Gasteiger partial charge < -0.3 is 10.6 Å². The van der Waals surface area contributed by atoms with Gasteiger partial charge in [-0.2, -0.15) is 0 Å². The van der Waals surface area contributed by atoms with Crippen molar-refractivity contribution in [2.24, 2.45) is 5.84 Å². The van der Waals surface area contributed by atoms with Crippen LogP contribution in [-0.4, -0.2) is 26.6 Å². The molecule has 0 aliphatic heterocycles. The summed E-state index contributed by atoms with van der Waals surface area (Å²) in [7, 11) is 0. The van der Waals surface area contributed by atoms with E-state index in [1.165, 1.54) is 0 Å². The zero-order valence-electron chi connectivity index (χ0n) is 10.5. The summed E-state index contributed by atoms with van der Waals surface area (Å²) >= 11 is 1.12. The number of benzene rings is 1. The molecule has 20 heavy (non-hydrogen) atoms. The van der Waals surface area contributed by atoms with Crippen LogP contribution in [0.4, 0.5) is 5.95 Å². The Morgan fingerprint density at radius 2 is 2.10 bits per heavy atom. The van der Waals surface area contributed by atoms with Crippen LogP contribution in [0.1, 0.15) is 5.56 Å². The highest BCUT2D eigenvalue weighted by Crippen LogP contribution is 2.16. The summed E-state index contributed by atoms with van der Waals surface area (Å²) in [5.41, 5.74) is 3.22. The van der Waals surface area contributed by atoms with E-state index < -0.39 is 0 Å². The summed E-state index contributed by atoms with van der Waals surface area (Å²) in [6, 6.07) is 9.44. The first-order valence-electron chi connectivity index (χ1n) is 5.70. The van der Waals surface area contributed by atoms with E-state index in [2.05, 4.69) is 15.6 Å². The van der Waals surface area contributed by atoms with Gasteiger partial charge in [0.1, 0.15) is 6.61 Å². The lowest BCUT2D eigenvalue weighted by Crippen LogP contribution is -2.19. The Kier molecular flexibility index (Phi) is 4.80. The molecule has 0 radical (unpaired) electrons. The van der Waals surface area contributed by atoms with Crippen molar-refractivity contribution >= 4 is 23.7 Å². The fraction of sp³-hybridized carbons (Fsp3) is 0.182. The number of esters is 1. The van der Waals surface area contributed by atoms with E-state index in [0.29, 0.717) is 5.16 Å². The van der Waals surface area contributed by atoms with Crippen LogP contribution >= 0.6 is 11.8 Å². The third kappa shape index (κ3) is 3.62. The number of ether oxygens (including phenoxy) is 1. The first-order valence-corrected chi connectivity index (χ1v) is 6.68. The number of hydrogen-bond acceptors (Lipinski definition) is 8. The number of aromatic nitrogens is 3. The van der Waals surface area contributed by atoms with Gasteiger partial charge in [-0.1, -0.05) is 42.1 Å². The molecule has 0 unspecified atom stereocenters. The molecular formula is C11H14N6O2S. The molecule has 0 atom stereocenters. The lowest BCUT2D eigenvalue weighted by atomic mass is 10.2. The fourth-order valence-electron chi connectivity index (χ4n) is 1.38. The van der Waals surface area contributed by atoms with Crippen molar-refractivity contribution in [2.75, 3.05) is 17.0 Å². The summed E-state index contributed by atoms with van der Waals surface area (Å²) < 4.78 is 6.29. The molecule has 0 bridgehead atoms. The zero-order chi connectivity index (χ0) is 14.4. The van der Waals surface area contributed by atoms with Crippen molar-refractivity contribution in [2.45, 2.75) is 11.8 Å². The molecular weight excluding hydrogens is 280 g/mol. The number of carbonyl (C=O) groups is 1. The summed E-state index contributed by atoms with van der Waals surface area (Å²) in [5.74, 6) is 10.8. The molecule has 106 valence electrons. The number of rotatable bonds is 6. The highest BCUT2D eigenvalue weighted by Gasteiger charge is 2.12. The minimum absolute atomic E-state index is 0.0900. The smallest absolute Gasteiger partial charge is 0.316 e. The number of anilines is 1. The number of hydrazine groups is 1. The normalized spacial score (nSPS) is 10.2. The molecule has 0 saturated carbocycles. The Bertz CT molecular complexity index is 574. The van der Waals surface area contributed by atoms with E-state index in [4.69, 9.17) is 16.4 Å². The lowest BCUT2D eigenvalue weighted by molar-refractivity contribution is -0.141. The second kappa shape index (κ2) is 6.78. The SMILES string of the molecule is NNc1nnc(SCC(=O)OCc2ccccc2)n1N. The molecule has 1 heterocycles. The minimum Gasteiger partial charge on any atom is -0.460 e. The van der Waals surface area contributed by atoms with Crippen LogP contribution in [-0.2, 0) is 16.1 Å². The van der Waals surface area contributed by atoms with Gasteiger partial charge in [0.05, 0.1) is 5.75 Å². The summed E-state index contributed by atoms with van der Waals surface area (Å²) in [6.07, 6.45) is 0. The number of hydrogen-bond donors (Lipinski definition) is 3. The Labute approximate surface area is 119 Å². The van der Waals surface area contributed by atoms with E-state index in [0.717, 1.165) is 22.0 Å². The third-order valence-electron chi connectivity index (χ3n) is 2.36. The Balaban J connectivity index is 1.79. The van der Waals surface area contributed by atoms with Crippen LogP contribution in [0, 0.1) is 0 Å². The number of nitrogens with two attached hydrogens (primary N) is 2. The van der Waals surface area contributed by atoms with Crippen molar-refractivity contribution in [1.29, 1.82) is 0 Å². The molecule has 2 rings (SSSR count). The van der Waals surface area contributed by atoms with Gasteiger partial charge >= 0.3 is 5.97 Å². The maximum atomic E-state index is 11.6. The second-order valence-electron chi connectivity index (χ2n) is 3.76. The molecule has 0 saturated heterocycles. The second-order valence-corrected chi connectivity index (χ2v) is 4.70. The standard InChI is InChI=1S/C11H14N6O2S/c12-14-10-15-16-11(17(10)13)20-7-9(18)19-6-8-4-2-1-3-5-8/h1-5H,6-7,12-13H2,(H,14,15). The van der Waals surface area contributed by atoms with E-state index in [1.807, 2.05) is 30.3 Å². The highest BCUT2D eigenvalue weighted by molar-refractivity contribution is 7.99. The van der Waals surface area contributed by atoms with Crippen LogP contribution < -0.4 is 17.1 Å². The van der Waals surface area contributed by atoms with Gasteiger partial charge in [-0.05, 0) is 5.56 Å². The van der Waals surface area contributed by atoms with Gasteiger partial charge in [-0.15, -0.1) is 10.2 Å². The van der Waals surface area contributed by atoms with Crippen LogP contribution in [0.15, 0.2) is 35.5 Å². The zero-order valence-corrected chi connectivity index (χ0v) is 11.3. The van der Waals surface area contributed by atoms with Gasteiger partial charge in [0.15, 0.2) is 0 Å². The van der Waals surface area contributed by atoms with Crippen molar-refractivity contribution in [3.05, 3.63) is 35.9 Å². The lowest BCUT2D eigenvalue weighted by Gasteiger charge is -2.05. The maximum Gasteiger partial charge on any atom is 0.316 e. The highest BCUT2D eigenvalue weighted by atomic mass is 32.2. The van der Waals surface area contributed by atoms with Crippen LogP contribution in [0.2, 0.25) is 0 Å². The minimum atomic E-state index is -0.357. The summed E-state index contributed by atoms with van der Waals surface area (Å²) in [4.78, 5) is 11.6. The molecule has 2 aromatic rings. The number of carbonyl (C=O) groups excluding carboxylic acids is 1. The molecule has 5 N–H and O–H groups in total. The summed E-state index contributed by atoms with van der Waals surface area (Å²) in [6.45, 7) is 0.241. The molecule has 0 fully saturated rings. The van der Waals surface area contributed by atoms with E-state index in [9.17, 15) is 4.79 Å². The third-order valence-corrected chi connectivity index (χ3v) is 3.27. The average Bonchev–Trinajstić information content (AvgIpc) is 2.84. The molecule has 1 aromatic heterocycles. The molecule has 0 spiro atoms. The Morgan fingerprint density at radius 1 is 1.35 bits per heavy atom. The summed E-state index contributed by atoms with van der Waals surface area (Å²) in [5, 5.41) is 7.83. The molecule has 0 aliphatic carbocycles. The van der Waals surface area contributed by atoms with Crippen molar-refractivity contribution in [3.8, 4) is 0 Å². The molecule has 9 heteroatoms. The van der Waals surface area contributed by atoms with Gasteiger partial charge in [0.2, 0.25) is 5.16 Å². The van der Waals surface area contributed by atoms with Gasteiger partial charge in [-0.3, -0.25) is 10.2 Å². The van der Waals surface area contributed by atoms with Gasteiger partial charge in [0, 0.05) is 0 Å². The first-order chi connectivity index (χ1) is 9.70. The topological polar surface area (TPSA) is 121 Å². The fourth-order valence-corrected chi connectivity index (χ4v) is 2.03. The Morgan fingerprint density at radius 3 is 2.75 bits per heavy atom. The van der Waals surface area contributed by atoms with Gasteiger partial charge in [-0.25, -0.2) is 10.5 Å². The van der Waals surface area contributed by atoms with Crippen molar-refractivity contribution in [1.82, 2.24) is 14.9 Å². The van der Waals surface area contributed by atoms with Crippen LogP contribution in [0.5, 0.6) is 0 Å². The predicted molar refractivity (Wildman–Crippen MR) is 74.9 cm³/mol. The van der Waals surface area contributed by atoms with Crippen LogP contribution in [0.25, 0.3) is 0 Å². The number of thioether (sulfide) groups is 1. The Hall–Kier alpha value is -2.26.